The molecule has 2 unspecified atom stereocenters. The minimum Gasteiger partial charge on any atom is -0.475 e. The van der Waals surface area contributed by atoms with Crippen molar-refractivity contribution in [3.63, 3.8) is 0 Å². The first-order valence-corrected chi connectivity index (χ1v) is 14.7. The number of amides is 1. The Morgan fingerprint density at radius 1 is 1.17 bits per heavy atom. The van der Waals surface area contributed by atoms with Crippen molar-refractivity contribution >= 4 is 30.1 Å². The number of aliphatic imine (C=N–C) groups is 1. The van der Waals surface area contributed by atoms with Gasteiger partial charge in [-0.15, -0.1) is 12.6 Å². The maximum Gasteiger partial charge on any atom is 0.250 e. The number of nitrogens with one attached hydrogen (secondary N) is 2. The van der Waals surface area contributed by atoms with Gasteiger partial charge in [-0.05, 0) is 72.4 Å². The van der Waals surface area contributed by atoms with Crippen molar-refractivity contribution in [2.45, 2.75) is 71.6 Å². The molecule has 0 saturated heterocycles. The number of aryl methyl sites for hydroxylation is 2. The fourth-order valence-corrected chi connectivity index (χ4v) is 6.12. The van der Waals surface area contributed by atoms with Crippen LogP contribution < -0.4 is 10.8 Å². The molecule has 7 nitrogen and oxygen atoms in total. The van der Waals surface area contributed by atoms with E-state index in [1.165, 1.54) is 11.1 Å². The van der Waals surface area contributed by atoms with Gasteiger partial charge in [0.1, 0.15) is 6.61 Å². The predicted molar refractivity (Wildman–Crippen MR) is 167 cm³/mol. The molecule has 1 aliphatic carbocycles. The Bertz CT molecular complexity index is 1450. The van der Waals surface area contributed by atoms with Gasteiger partial charge in [-0.25, -0.2) is 4.99 Å². The fourth-order valence-electron chi connectivity index (χ4n) is 5.84. The Morgan fingerprint density at radius 2 is 1.93 bits per heavy atom. The lowest BCUT2D eigenvalue weighted by atomic mass is 9.82. The molecule has 41 heavy (non-hydrogen) atoms. The predicted octanol–water partition coefficient (Wildman–Crippen LogP) is 5.88. The van der Waals surface area contributed by atoms with Crippen molar-refractivity contribution in [2.24, 2.45) is 4.99 Å². The number of carbonyl (C=O) groups excluding carboxylic acids is 1. The smallest absolute Gasteiger partial charge is 0.250 e. The Kier molecular flexibility index (Phi) is 8.45. The fraction of sp³-hybridized carbons (Fsp3) is 0.394. The van der Waals surface area contributed by atoms with Crippen LogP contribution in [0.15, 0.2) is 70.1 Å². The molecule has 3 aliphatic rings. The third-order valence-corrected chi connectivity index (χ3v) is 8.38. The first kappa shape index (κ1) is 29.2. The molecule has 3 N–H and O–H groups in total. The van der Waals surface area contributed by atoms with E-state index in [0.717, 1.165) is 51.3 Å². The molecular formula is C33H40N4O3S. The van der Waals surface area contributed by atoms with Gasteiger partial charge < -0.3 is 20.2 Å². The molecule has 216 valence electrons. The SMILES string of the molecule is Cc1cccc(C)c1C1=CC(OCC2c3ccc(C(C)(C)C)cc3CCN2C(=O)C2=CC(S)=CCC2)=NC(NO)N1. The van der Waals surface area contributed by atoms with Crippen LogP contribution in [-0.4, -0.2) is 41.4 Å². The summed E-state index contributed by atoms with van der Waals surface area (Å²) in [4.78, 5) is 21.1. The van der Waals surface area contributed by atoms with Crippen molar-refractivity contribution in [3.05, 3.63) is 98.5 Å². The first-order chi connectivity index (χ1) is 19.5. The van der Waals surface area contributed by atoms with E-state index in [-0.39, 0.29) is 24.0 Å². The van der Waals surface area contributed by atoms with Crippen molar-refractivity contribution < 1.29 is 14.7 Å². The van der Waals surface area contributed by atoms with Crippen molar-refractivity contribution in [3.8, 4) is 0 Å². The summed E-state index contributed by atoms with van der Waals surface area (Å²) in [6.07, 6.45) is 7.33. The molecule has 0 spiro atoms. The maximum absolute atomic E-state index is 13.9. The molecule has 5 rings (SSSR count). The Hall–Kier alpha value is -3.33. The van der Waals surface area contributed by atoms with Crippen LogP contribution in [0.25, 0.3) is 5.70 Å². The van der Waals surface area contributed by atoms with E-state index in [0.29, 0.717) is 18.9 Å². The molecule has 2 aromatic rings. The number of benzene rings is 2. The van der Waals surface area contributed by atoms with Crippen LogP contribution in [0.2, 0.25) is 0 Å². The molecule has 0 radical (unpaired) electrons. The zero-order valence-electron chi connectivity index (χ0n) is 24.5. The van der Waals surface area contributed by atoms with Gasteiger partial charge in [0.25, 0.3) is 0 Å². The van der Waals surface area contributed by atoms with Crippen LogP contribution in [0.3, 0.4) is 0 Å². The summed E-state index contributed by atoms with van der Waals surface area (Å²) in [5.74, 6) is 0.411. The summed E-state index contributed by atoms with van der Waals surface area (Å²) in [6, 6.07) is 12.5. The average Bonchev–Trinajstić information content (AvgIpc) is 2.94. The van der Waals surface area contributed by atoms with Crippen LogP contribution in [-0.2, 0) is 21.4 Å². The maximum atomic E-state index is 13.9. The minimum atomic E-state index is -0.761. The first-order valence-electron chi connectivity index (χ1n) is 14.2. The van der Waals surface area contributed by atoms with E-state index in [2.05, 4.69) is 93.4 Å². The number of hydroxylamine groups is 1. The lowest BCUT2D eigenvalue weighted by Gasteiger charge is -2.39. The van der Waals surface area contributed by atoms with Crippen molar-refractivity contribution in [2.75, 3.05) is 13.2 Å². The van der Waals surface area contributed by atoms with E-state index in [4.69, 9.17) is 4.74 Å². The van der Waals surface area contributed by atoms with Crippen molar-refractivity contribution in [1.82, 2.24) is 15.7 Å². The molecule has 0 fully saturated rings. The molecular weight excluding hydrogens is 532 g/mol. The molecule has 1 amide bonds. The molecule has 0 aromatic heterocycles. The summed E-state index contributed by atoms with van der Waals surface area (Å²) in [5.41, 5.74) is 10.7. The van der Waals surface area contributed by atoms with E-state index in [9.17, 15) is 10.0 Å². The quantitative estimate of drug-likeness (QED) is 0.266. The van der Waals surface area contributed by atoms with E-state index in [1.54, 1.807) is 0 Å². The third-order valence-electron chi connectivity index (χ3n) is 8.07. The normalized spacial score (nSPS) is 20.7. The van der Waals surface area contributed by atoms with Crippen LogP contribution in [0.1, 0.15) is 73.0 Å². The number of nitrogens with zero attached hydrogens (tertiary/aromatic N) is 2. The van der Waals surface area contributed by atoms with Crippen LogP contribution >= 0.6 is 12.6 Å². The van der Waals surface area contributed by atoms with Gasteiger partial charge in [0.05, 0.1) is 6.04 Å². The molecule has 0 bridgehead atoms. The van der Waals surface area contributed by atoms with Gasteiger partial charge in [0, 0.05) is 34.4 Å². The number of allylic oxidation sites excluding steroid dienone is 2. The van der Waals surface area contributed by atoms with E-state index < -0.39 is 6.29 Å². The molecule has 8 heteroatoms. The number of fused-ring (bicyclic) bond motifs is 1. The highest BCUT2D eigenvalue weighted by Crippen LogP contribution is 2.36. The van der Waals surface area contributed by atoms with E-state index >= 15 is 0 Å². The van der Waals surface area contributed by atoms with Crippen LogP contribution in [0.5, 0.6) is 0 Å². The topological polar surface area (TPSA) is 86.2 Å². The molecule has 2 aromatic carbocycles. The van der Waals surface area contributed by atoms with Crippen LogP contribution in [0.4, 0.5) is 0 Å². The van der Waals surface area contributed by atoms with E-state index in [1.807, 2.05) is 29.2 Å². The number of ether oxygens (including phenoxy) is 1. The number of hydrogen-bond donors (Lipinski definition) is 4. The number of rotatable bonds is 5. The second-order valence-corrected chi connectivity index (χ2v) is 12.6. The van der Waals surface area contributed by atoms with Gasteiger partial charge >= 0.3 is 0 Å². The van der Waals surface area contributed by atoms with Gasteiger partial charge in [0.15, 0.2) is 6.29 Å². The number of carbonyl (C=O) groups is 1. The number of hydrogen-bond acceptors (Lipinski definition) is 7. The van der Waals surface area contributed by atoms with Crippen molar-refractivity contribution in [1.29, 1.82) is 0 Å². The van der Waals surface area contributed by atoms with Gasteiger partial charge in [-0.2, -0.15) is 5.48 Å². The summed E-state index contributed by atoms with van der Waals surface area (Å²) in [7, 11) is 0. The monoisotopic (exact) mass is 572 g/mol. The largest absolute Gasteiger partial charge is 0.475 e. The van der Waals surface area contributed by atoms with Gasteiger partial charge in [0.2, 0.25) is 11.8 Å². The standard InChI is InChI=1S/C33H40N4O3S/c1-20-8-6-9-21(2)30(20)27-18-29(35-32(34-27)36-39)40-19-28-26-13-12-24(33(3,4)5)16-22(26)14-15-37(28)31(38)23-10-7-11-25(41)17-23/h6,8-9,11-13,16-18,28,32,34,36,39,41H,7,10,14-15,19H2,1-5H3. The number of thiol groups is 1. The highest BCUT2D eigenvalue weighted by molar-refractivity contribution is 7.84. The van der Waals surface area contributed by atoms with Crippen LogP contribution in [0, 0.1) is 13.8 Å². The second-order valence-electron chi connectivity index (χ2n) is 12.0. The highest BCUT2D eigenvalue weighted by atomic mass is 32.1. The molecule has 2 atom stereocenters. The lowest BCUT2D eigenvalue weighted by molar-refractivity contribution is -0.131. The summed E-state index contributed by atoms with van der Waals surface area (Å²) in [6.45, 7) is 11.6. The highest BCUT2D eigenvalue weighted by Gasteiger charge is 2.34. The van der Waals surface area contributed by atoms with Gasteiger partial charge in [-0.3, -0.25) is 4.79 Å². The lowest BCUT2D eigenvalue weighted by Crippen LogP contribution is -2.44. The Labute approximate surface area is 248 Å². The van der Waals surface area contributed by atoms with Gasteiger partial charge in [-0.1, -0.05) is 63.2 Å². The Morgan fingerprint density at radius 3 is 2.61 bits per heavy atom. The third kappa shape index (κ3) is 6.30. The summed E-state index contributed by atoms with van der Waals surface area (Å²) < 4.78 is 6.37. The zero-order chi connectivity index (χ0) is 29.3. The zero-order valence-corrected chi connectivity index (χ0v) is 25.4. The summed E-state index contributed by atoms with van der Waals surface area (Å²) >= 11 is 4.50. The average molecular weight is 573 g/mol. The summed E-state index contributed by atoms with van der Waals surface area (Å²) in [5, 5.41) is 13.0. The molecule has 0 saturated carbocycles. The Balaban J connectivity index is 1.47. The second kappa shape index (κ2) is 11.9. The molecule has 2 aliphatic heterocycles. The molecule has 2 heterocycles. The minimum absolute atomic E-state index is 0.0257.